The maximum atomic E-state index is 14.1. The van der Waals surface area contributed by atoms with Gasteiger partial charge in [-0.1, -0.05) is 0 Å². The SMILES string of the molecule is CC(OC1OC(C(=O)O)C(O)C(O)C1O)C(F)(F)C(F)(F)C(F)(F)C(F)(F)C(F)(F)C(F)(F)C(F)(F)F. The Balaban J connectivity index is 3.44. The molecular formula is C15H13F15O7. The van der Waals surface area contributed by atoms with E-state index >= 15 is 0 Å². The molecule has 0 bridgehead atoms. The van der Waals surface area contributed by atoms with Gasteiger partial charge in [0.2, 0.25) is 0 Å². The normalized spacial score (nSPS) is 28.2. The lowest BCUT2D eigenvalue weighted by atomic mass is 9.89. The first kappa shape index (κ1) is 33.2. The van der Waals surface area contributed by atoms with Gasteiger partial charge >= 0.3 is 47.7 Å². The fourth-order valence-electron chi connectivity index (χ4n) is 2.69. The first-order chi connectivity index (χ1) is 16.1. The number of alkyl halides is 15. The molecule has 0 aromatic carbocycles. The molecule has 0 aromatic heterocycles. The summed E-state index contributed by atoms with van der Waals surface area (Å²) >= 11 is 0. The Morgan fingerprint density at radius 3 is 1.43 bits per heavy atom. The van der Waals surface area contributed by atoms with Crippen molar-refractivity contribution < 1.29 is 101 Å². The molecule has 0 saturated carbocycles. The predicted octanol–water partition coefficient (Wildman–Crippen LogP) is 2.66. The number of carboxylic acid groups (broad SMARTS) is 1. The van der Waals surface area contributed by atoms with Crippen molar-refractivity contribution in [1.82, 2.24) is 0 Å². The smallest absolute Gasteiger partial charge is 0.460 e. The maximum Gasteiger partial charge on any atom is 0.460 e. The van der Waals surface area contributed by atoms with Crippen LogP contribution in [-0.2, 0) is 14.3 Å². The number of hydrogen-bond donors (Lipinski definition) is 4. The first-order valence-electron chi connectivity index (χ1n) is 8.97. The third-order valence-corrected chi connectivity index (χ3v) is 5.01. The summed E-state index contributed by atoms with van der Waals surface area (Å²) in [7, 11) is 0. The maximum absolute atomic E-state index is 14.1. The average molecular weight is 590 g/mol. The van der Waals surface area contributed by atoms with E-state index in [0.29, 0.717) is 0 Å². The van der Waals surface area contributed by atoms with Gasteiger partial charge in [-0.2, -0.15) is 65.9 Å². The molecule has 1 rings (SSSR count). The van der Waals surface area contributed by atoms with E-state index in [1.807, 2.05) is 0 Å². The van der Waals surface area contributed by atoms with Gasteiger partial charge in [0, 0.05) is 0 Å². The highest BCUT2D eigenvalue weighted by Gasteiger charge is 2.93. The molecule has 1 fully saturated rings. The summed E-state index contributed by atoms with van der Waals surface area (Å²) in [5.41, 5.74) is 0. The van der Waals surface area contributed by atoms with Gasteiger partial charge in [-0.15, -0.1) is 0 Å². The number of aliphatic hydroxyl groups is 3. The Hall–Kier alpha value is -1.78. The molecule has 0 aromatic rings. The number of rotatable bonds is 9. The lowest BCUT2D eigenvalue weighted by Crippen LogP contribution is -2.73. The molecule has 0 spiro atoms. The van der Waals surface area contributed by atoms with Crippen LogP contribution >= 0.6 is 0 Å². The summed E-state index contributed by atoms with van der Waals surface area (Å²) in [5.74, 6) is -50.6. The minimum absolute atomic E-state index is 0.437. The van der Waals surface area contributed by atoms with Crippen molar-refractivity contribution >= 4 is 5.97 Å². The summed E-state index contributed by atoms with van der Waals surface area (Å²) in [6, 6.07) is 0. The molecule has 37 heavy (non-hydrogen) atoms. The van der Waals surface area contributed by atoms with Crippen LogP contribution < -0.4 is 0 Å². The van der Waals surface area contributed by atoms with E-state index in [9.17, 15) is 86.0 Å². The molecule has 4 N–H and O–H groups in total. The minimum Gasteiger partial charge on any atom is -0.479 e. The second-order valence-electron chi connectivity index (χ2n) is 7.51. The van der Waals surface area contributed by atoms with Crippen molar-refractivity contribution in [3.8, 4) is 0 Å². The molecule has 6 unspecified atom stereocenters. The van der Waals surface area contributed by atoms with Gasteiger partial charge in [-0.05, 0) is 6.92 Å². The number of halogens is 15. The number of aliphatic hydroxyl groups excluding tert-OH is 3. The molecule has 1 aliphatic rings. The highest BCUT2D eigenvalue weighted by atomic mass is 19.4. The standard InChI is InChI=1S/C15H13F15O7/c1-2(36-8-5(33)3(31)4(32)6(37-8)7(34)35)9(16,17)10(18,19)11(20,21)12(22,23)13(24,25)14(26,27)15(28,29)30/h2-6,8,31-33H,1H3,(H,34,35). The van der Waals surface area contributed by atoms with Gasteiger partial charge in [0.25, 0.3) is 0 Å². The van der Waals surface area contributed by atoms with E-state index in [2.05, 4.69) is 9.47 Å². The molecular weight excluding hydrogens is 577 g/mol. The minimum atomic E-state index is -8.53. The van der Waals surface area contributed by atoms with Crippen LogP contribution in [0.4, 0.5) is 65.9 Å². The van der Waals surface area contributed by atoms with Crippen molar-refractivity contribution in [3.63, 3.8) is 0 Å². The van der Waals surface area contributed by atoms with Crippen molar-refractivity contribution in [2.45, 2.75) is 85.4 Å². The highest BCUT2D eigenvalue weighted by Crippen LogP contribution is 2.62. The fourth-order valence-corrected chi connectivity index (χ4v) is 2.69. The van der Waals surface area contributed by atoms with E-state index in [-0.39, 0.29) is 0 Å². The quantitative estimate of drug-likeness (QED) is 0.306. The van der Waals surface area contributed by atoms with E-state index in [4.69, 9.17) is 5.11 Å². The molecule has 1 aliphatic heterocycles. The van der Waals surface area contributed by atoms with Crippen molar-refractivity contribution in [2.24, 2.45) is 0 Å². The van der Waals surface area contributed by atoms with Gasteiger partial charge in [-0.3, -0.25) is 0 Å². The van der Waals surface area contributed by atoms with Crippen LogP contribution in [0.2, 0.25) is 0 Å². The second-order valence-corrected chi connectivity index (χ2v) is 7.51. The Morgan fingerprint density at radius 1 is 0.676 bits per heavy atom. The Labute approximate surface area is 193 Å². The summed E-state index contributed by atoms with van der Waals surface area (Å²) in [6.07, 6.45) is -25.6. The van der Waals surface area contributed by atoms with Crippen molar-refractivity contribution in [2.75, 3.05) is 0 Å². The topological polar surface area (TPSA) is 116 Å². The Morgan fingerprint density at radius 2 is 1.05 bits per heavy atom. The van der Waals surface area contributed by atoms with E-state index in [1.165, 1.54) is 0 Å². The summed E-state index contributed by atoms with van der Waals surface area (Å²) < 4.78 is 207. The number of aliphatic carboxylic acids is 1. The number of ether oxygens (including phenoxy) is 2. The molecule has 220 valence electrons. The van der Waals surface area contributed by atoms with Gasteiger partial charge in [0.15, 0.2) is 12.4 Å². The van der Waals surface area contributed by atoms with E-state index in [0.717, 1.165) is 0 Å². The zero-order valence-electron chi connectivity index (χ0n) is 17.1. The van der Waals surface area contributed by atoms with E-state index in [1.54, 1.807) is 0 Å². The van der Waals surface area contributed by atoms with Crippen LogP contribution in [0.1, 0.15) is 6.92 Å². The third kappa shape index (κ3) is 4.78. The fraction of sp³-hybridized carbons (Fsp3) is 0.933. The summed E-state index contributed by atoms with van der Waals surface area (Å²) in [4.78, 5) is 10.9. The lowest BCUT2D eigenvalue weighted by molar-refractivity contribution is -0.457. The highest BCUT2D eigenvalue weighted by molar-refractivity contribution is 5.73. The Kier molecular flexibility index (Phi) is 8.49. The van der Waals surface area contributed by atoms with Gasteiger partial charge < -0.3 is 29.9 Å². The number of hydrogen-bond acceptors (Lipinski definition) is 6. The lowest BCUT2D eigenvalue weighted by Gasteiger charge is -2.44. The van der Waals surface area contributed by atoms with E-state index < -0.39 is 91.4 Å². The molecule has 0 amide bonds. The molecule has 6 atom stereocenters. The molecule has 22 heteroatoms. The van der Waals surface area contributed by atoms with Crippen molar-refractivity contribution in [3.05, 3.63) is 0 Å². The zero-order valence-corrected chi connectivity index (χ0v) is 17.1. The molecule has 0 radical (unpaired) electrons. The number of carbonyl (C=O) groups is 1. The van der Waals surface area contributed by atoms with Crippen LogP contribution in [0.25, 0.3) is 0 Å². The number of carboxylic acids is 1. The zero-order chi connectivity index (χ0) is 30.0. The van der Waals surface area contributed by atoms with Crippen LogP contribution in [0.15, 0.2) is 0 Å². The Bertz CT molecular complexity index is 846. The van der Waals surface area contributed by atoms with Gasteiger partial charge in [-0.25, -0.2) is 4.79 Å². The van der Waals surface area contributed by atoms with Gasteiger partial charge in [0.1, 0.15) is 24.4 Å². The first-order valence-corrected chi connectivity index (χ1v) is 8.97. The molecule has 0 aliphatic carbocycles. The predicted molar refractivity (Wildman–Crippen MR) is 80.6 cm³/mol. The summed E-state index contributed by atoms with van der Waals surface area (Å²) in [6.45, 7) is -0.437. The molecule has 1 heterocycles. The average Bonchev–Trinajstić information content (AvgIpc) is 2.71. The third-order valence-electron chi connectivity index (χ3n) is 5.01. The van der Waals surface area contributed by atoms with Crippen LogP contribution in [0.5, 0.6) is 0 Å². The molecule has 1 saturated heterocycles. The van der Waals surface area contributed by atoms with Crippen LogP contribution in [0, 0.1) is 0 Å². The largest absolute Gasteiger partial charge is 0.479 e. The molecule has 7 nitrogen and oxygen atoms in total. The summed E-state index contributed by atoms with van der Waals surface area (Å²) in [5, 5.41) is 37.1. The van der Waals surface area contributed by atoms with Gasteiger partial charge in [0.05, 0.1) is 0 Å². The van der Waals surface area contributed by atoms with Crippen LogP contribution in [-0.4, -0.2) is 105 Å². The van der Waals surface area contributed by atoms with Crippen molar-refractivity contribution in [1.29, 1.82) is 0 Å². The second kappa shape index (κ2) is 9.45. The van der Waals surface area contributed by atoms with Crippen LogP contribution in [0.3, 0.4) is 0 Å². The monoisotopic (exact) mass is 590 g/mol.